The first-order valence-corrected chi connectivity index (χ1v) is 5.92. The largest absolute Gasteiger partial charge is 0.320 e. The SMILES string of the molecule is Cc1ccc(NC(=O)c2cccc(NN)n2)c(C)c1. The summed E-state index contributed by atoms with van der Waals surface area (Å²) in [6.07, 6.45) is 0. The molecule has 1 amide bonds. The summed E-state index contributed by atoms with van der Waals surface area (Å²) in [4.78, 5) is 16.2. The minimum absolute atomic E-state index is 0.260. The second kappa shape index (κ2) is 5.49. The van der Waals surface area contributed by atoms with Crippen molar-refractivity contribution in [2.45, 2.75) is 13.8 Å². The normalized spacial score (nSPS) is 10.1. The molecule has 5 nitrogen and oxygen atoms in total. The highest BCUT2D eigenvalue weighted by molar-refractivity contribution is 6.03. The van der Waals surface area contributed by atoms with Crippen LogP contribution in [0.3, 0.4) is 0 Å². The summed E-state index contributed by atoms with van der Waals surface area (Å²) < 4.78 is 0. The van der Waals surface area contributed by atoms with Gasteiger partial charge >= 0.3 is 0 Å². The van der Waals surface area contributed by atoms with E-state index in [-0.39, 0.29) is 5.91 Å². The number of benzene rings is 1. The molecular weight excluding hydrogens is 240 g/mol. The van der Waals surface area contributed by atoms with Crippen molar-refractivity contribution in [2.24, 2.45) is 5.84 Å². The van der Waals surface area contributed by atoms with E-state index in [1.807, 2.05) is 32.0 Å². The third-order valence-electron chi connectivity index (χ3n) is 2.76. The van der Waals surface area contributed by atoms with Gasteiger partial charge in [-0.2, -0.15) is 0 Å². The monoisotopic (exact) mass is 256 g/mol. The molecule has 0 aliphatic rings. The molecule has 0 unspecified atom stereocenters. The molecule has 0 aliphatic carbocycles. The number of carbonyl (C=O) groups excluding carboxylic acids is 1. The van der Waals surface area contributed by atoms with E-state index in [1.54, 1.807) is 18.2 Å². The Labute approximate surface area is 111 Å². The van der Waals surface area contributed by atoms with Crippen molar-refractivity contribution in [1.29, 1.82) is 0 Å². The van der Waals surface area contributed by atoms with Crippen LogP contribution < -0.4 is 16.6 Å². The van der Waals surface area contributed by atoms with Gasteiger partial charge in [-0.1, -0.05) is 23.8 Å². The lowest BCUT2D eigenvalue weighted by Gasteiger charge is -2.09. The maximum absolute atomic E-state index is 12.1. The van der Waals surface area contributed by atoms with E-state index in [1.165, 1.54) is 0 Å². The van der Waals surface area contributed by atoms with Gasteiger partial charge in [-0.05, 0) is 37.6 Å². The lowest BCUT2D eigenvalue weighted by atomic mass is 10.1. The molecule has 1 aromatic heterocycles. The fourth-order valence-corrected chi connectivity index (χ4v) is 1.78. The van der Waals surface area contributed by atoms with Crippen LogP contribution in [0.25, 0.3) is 0 Å². The van der Waals surface area contributed by atoms with Crippen molar-refractivity contribution in [3.05, 3.63) is 53.2 Å². The topological polar surface area (TPSA) is 80.0 Å². The molecule has 1 heterocycles. The first-order valence-electron chi connectivity index (χ1n) is 5.92. The van der Waals surface area contributed by atoms with Crippen LogP contribution in [-0.4, -0.2) is 10.9 Å². The van der Waals surface area contributed by atoms with E-state index < -0.39 is 0 Å². The summed E-state index contributed by atoms with van der Waals surface area (Å²) in [7, 11) is 0. The Hall–Kier alpha value is -2.40. The van der Waals surface area contributed by atoms with Gasteiger partial charge in [0.15, 0.2) is 0 Å². The van der Waals surface area contributed by atoms with Crippen LogP contribution >= 0.6 is 0 Å². The zero-order chi connectivity index (χ0) is 13.8. The Morgan fingerprint density at radius 2 is 2.00 bits per heavy atom. The number of anilines is 2. The minimum Gasteiger partial charge on any atom is -0.320 e. The van der Waals surface area contributed by atoms with E-state index in [9.17, 15) is 4.79 Å². The first-order chi connectivity index (χ1) is 9.10. The quantitative estimate of drug-likeness (QED) is 0.581. The van der Waals surface area contributed by atoms with Crippen LogP contribution in [0.1, 0.15) is 21.6 Å². The molecule has 98 valence electrons. The average molecular weight is 256 g/mol. The molecule has 4 N–H and O–H groups in total. The summed E-state index contributed by atoms with van der Waals surface area (Å²) >= 11 is 0. The molecule has 0 bridgehead atoms. The zero-order valence-electron chi connectivity index (χ0n) is 10.9. The van der Waals surface area contributed by atoms with Crippen molar-refractivity contribution in [2.75, 3.05) is 10.7 Å². The number of rotatable bonds is 3. The maximum Gasteiger partial charge on any atom is 0.274 e. The van der Waals surface area contributed by atoms with Crippen molar-refractivity contribution in [1.82, 2.24) is 4.98 Å². The summed E-state index contributed by atoms with van der Waals surface area (Å²) in [6.45, 7) is 3.96. The number of aryl methyl sites for hydroxylation is 2. The van der Waals surface area contributed by atoms with Crippen molar-refractivity contribution < 1.29 is 4.79 Å². The highest BCUT2D eigenvalue weighted by Gasteiger charge is 2.09. The number of nitrogens with two attached hydrogens (primary N) is 1. The zero-order valence-corrected chi connectivity index (χ0v) is 10.9. The molecule has 5 heteroatoms. The van der Waals surface area contributed by atoms with E-state index in [4.69, 9.17) is 5.84 Å². The molecule has 2 aromatic rings. The number of carbonyl (C=O) groups is 1. The number of amides is 1. The smallest absolute Gasteiger partial charge is 0.274 e. The Morgan fingerprint density at radius 3 is 2.68 bits per heavy atom. The van der Waals surface area contributed by atoms with E-state index >= 15 is 0 Å². The standard InChI is InChI=1S/C14H16N4O/c1-9-6-7-11(10(2)8-9)17-14(19)12-4-3-5-13(16-12)18-15/h3-8H,15H2,1-2H3,(H,16,18)(H,17,19). The number of nitrogens with zero attached hydrogens (tertiary/aromatic N) is 1. The van der Waals surface area contributed by atoms with Crippen molar-refractivity contribution >= 4 is 17.4 Å². The molecule has 0 fully saturated rings. The predicted molar refractivity (Wildman–Crippen MR) is 75.9 cm³/mol. The predicted octanol–water partition coefficient (Wildman–Crippen LogP) is 2.24. The highest BCUT2D eigenvalue weighted by Crippen LogP contribution is 2.17. The molecule has 0 radical (unpaired) electrons. The van der Waals surface area contributed by atoms with Gasteiger partial charge in [0, 0.05) is 5.69 Å². The summed E-state index contributed by atoms with van der Waals surface area (Å²) in [5, 5.41) is 2.83. The fraction of sp³-hybridized carbons (Fsp3) is 0.143. The van der Waals surface area contributed by atoms with Gasteiger partial charge < -0.3 is 10.7 Å². The van der Waals surface area contributed by atoms with E-state index in [0.29, 0.717) is 11.5 Å². The first kappa shape index (κ1) is 13.0. The lowest BCUT2D eigenvalue weighted by molar-refractivity contribution is 0.102. The van der Waals surface area contributed by atoms with Gasteiger partial charge in [0.1, 0.15) is 11.5 Å². The summed E-state index contributed by atoms with van der Waals surface area (Å²) in [6, 6.07) is 10.9. The van der Waals surface area contributed by atoms with Crippen LogP contribution in [0.4, 0.5) is 11.5 Å². The number of hydrazine groups is 1. The Balaban J connectivity index is 2.20. The van der Waals surface area contributed by atoms with Crippen LogP contribution in [0.5, 0.6) is 0 Å². The van der Waals surface area contributed by atoms with Crippen molar-refractivity contribution in [3.63, 3.8) is 0 Å². The molecule has 0 atom stereocenters. The Kier molecular flexibility index (Phi) is 3.77. The van der Waals surface area contributed by atoms with Crippen LogP contribution in [0.2, 0.25) is 0 Å². The number of hydrogen-bond donors (Lipinski definition) is 3. The second-order valence-electron chi connectivity index (χ2n) is 4.32. The molecule has 0 saturated carbocycles. The third-order valence-corrected chi connectivity index (χ3v) is 2.76. The van der Waals surface area contributed by atoms with Gasteiger partial charge in [-0.3, -0.25) is 4.79 Å². The van der Waals surface area contributed by atoms with Gasteiger partial charge in [0.05, 0.1) is 0 Å². The van der Waals surface area contributed by atoms with Gasteiger partial charge in [-0.15, -0.1) is 0 Å². The lowest BCUT2D eigenvalue weighted by Crippen LogP contribution is -2.16. The van der Waals surface area contributed by atoms with Gasteiger partial charge in [-0.25, -0.2) is 10.8 Å². The average Bonchev–Trinajstić information content (AvgIpc) is 2.42. The maximum atomic E-state index is 12.1. The Morgan fingerprint density at radius 1 is 1.21 bits per heavy atom. The van der Waals surface area contributed by atoms with Crippen LogP contribution in [0, 0.1) is 13.8 Å². The number of hydrogen-bond acceptors (Lipinski definition) is 4. The molecule has 19 heavy (non-hydrogen) atoms. The molecule has 1 aromatic carbocycles. The summed E-state index contributed by atoms with van der Waals surface area (Å²) in [5.74, 6) is 5.46. The second-order valence-corrected chi connectivity index (χ2v) is 4.32. The number of nitrogens with one attached hydrogen (secondary N) is 2. The molecule has 0 aliphatic heterocycles. The number of pyridine rings is 1. The molecular formula is C14H16N4O. The van der Waals surface area contributed by atoms with E-state index in [2.05, 4.69) is 15.7 Å². The van der Waals surface area contributed by atoms with Crippen molar-refractivity contribution in [3.8, 4) is 0 Å². The van der Waals surface area contributed by atoms with Gasteiger partial charge in [0.2, 0.25) is 0 Å². The highest BCUT2D eigenvalue weighted by atomic mass is 16.1. The molecule has 0 saturated heterocycles. The van der Waals surface area contributed by atoms with E-state index in [0.717, 1.165) is 16.8 Å². The third kappa shape index (κ3) is 3.08. The van der Waals surface area contributed by atoms with Crippen LogP contribution in [-0.2, 0) is 0 Å². The Bertz CT molecular complexity index is 610. The summed E-state index contributed by atoms with van der Waals surface area (Å²) in [5.41, 5.74) is 5.68. The fourth-order valence-electron chi connectivity index (χ4n) is 1.78. The van der Waals surface area contributed by atoms with Gasteiger partial charge in [0.25, 0.3) is 5.91 Å². The van der Waals surface area contributed by atoms with Crippen LogP contribution in [0.15, 0.2) is 36.4 Å². The minimum atomic E-state index is -0.260. The number of nitrogen functional groups attached to an aromatic ring is 1. The molecule has 2 rings (SSSR count). The number of aromatic nitrogens is 1. The molecule has 0 spiro atoms.